The van der Waals surface area contributed by atoms with E-state index in [2.05, 4.69) is 17.4 Å². The highest BCUT2D eigenvalue weighted by atomic mass is 32.2. The third-order valence-corrected chi connectivity index (χ3v) is 5.96. The first-order chi connectivity index (χ1) is 14.6. The number of anilines is 2. The fourth-order valence-corrected chi connectivity index (χ4v) is 4.42. The Bertz CT molecular complexity index is 1070. The van der Waals surface area contributed by atoms with Crippen molar-refractivity contribution < 1.29 is 14.3 Å². The zero-order valence-corrected chi connectivity index (χ0v) is 17.4. The van der Waals surface area contributed by atoms with Crippen molar-refractivity contribution in [2.45, 2.75) is 11.3 Å². The summed E-state index contributed by atoms with van der Waals surface area (Å²) in [5.41, 5.74) is 3.61. The first kappa shape index (κ1) is 20.0. The number of nitrogens with zero attached hydrogens (tertiary/aromatic N) is 1. The molecule has 0 aromatic heterocycles. The number of hydrogen-bond donors (Lipinski definition) is 1. The van der Waals surface area contributed by atoms with Crippen LogP contribution < -0.4 is 15.0 Å². The van der Waals surface area contributed by atoms with Crippen LogP contribution in [0.15, 0.2) is 77.7 Å². The first-order valence-corrected chi connectivity index (χ1v) is 10.7. The third-order valence-electron chi connectivity index (χ3n) is 4.91. The molecule has 0 fully saturated rings. The maximum Gasteiger partial charge on any atom is 0.244 e. The normalized spacial score (nSPS) is 13.0. The van der Waals surface area contributed by atoms with Crippen molar-refractivity contribution in [3.63, 3.8) is 0 Å². The third kappa shape index (κ3) is 4.49. The second-order valence-corrected chi connectivity index (χ2v) is 7.99. The molecular weight excluding hydrogens is 396 g/mol. The van der Waals surface area contributed by atoms with Crippen LogP contribution in [0.25, 0.3) is 0 Å². The monoisotopic (exact) mass is 418 g/mol. The summed E-state index contributed by atoms with van der Waals surface area (Å²) in [6, 6.07) is 23.3. The number of thioether (sulfide) groups is 1. The molecule has 30 heavy (non-hydrogen) atoms. The fourth-order valence-electron chi connectivity index (χ4n) is 3.48. The van der Waals surface area contributed by atoms with Crippen LogP contribution in [0.4, 0.5) is 11.4 Å². The molecule has 3 aromatic carbocycles. The van der Waals surface area contributed by atoms with E-state index < -0.39 is 0 Å². The van der Waals surface area contributed by atoms with E-state index >= 15 is 0 Å². The highest BCUT2D eigenvalue weighted by Crippen LogP contribution is 2.34. The number of para-hydroxylation sites is 1. The molecular formula is C24H22N2O3S. The largest absolute Gasteiger partial charge is 0.496 e. The maximum atomic E-state index is 12.7. The van der Waals surface area contributed by atoms with Gasteiger partial charge in [0.1, 0.15) is 12.3 Å². The van der Waals surface area contributed by atoms with E-state index in [1.807, 2.05) is 60.7 Å². The molecule has 0 saturated carbocycles. The van der Waals surface area contributed by atoms with Crippen LogP contribution in [0.5, 0.6) is 5.75 Å². The van der Waals surface area contributed by atoms with Crippen molar-refractivity contribution >= 4 is 35.0 Å². The number of amides is 2. The van der Waals surface area contributed by atoms with E-state index in [4.69, 9.17) is 4.74 Å². The van der Waals surface area contributed by atoms with Gasteiger partial charge >= 0.3 is 0 Å². The van der Waals surface area contributed by atoms with Gasteiger partial charge in [0, 0.05) is 22.6 Å². The second kappa shape index (κ2) is 9.05. The Morgan fingerprint density at radius 1 is 1.07 bits per heavy atom. The van der Waals surface area contributed by atoms with Crippen LogP contribution in [0, 0.1) is 0 Å². The zero-order chi connectivity index (χ0) is 20.9. The van der Waals surface area contributed by atoms with Gasteiger partial charge in [0.25, 0.3) is 0 Å². The van der Waals surface area contributed by atoms with Crippen LogP contribution in [0.3, 0.4) is 0 Å². The summed E-state index contributed by atoms with van der Waals surface area (Å²) in [7, 11) is 1.64. The molecule has 1 aliphatic heterocycles. The second-order valence-electron chi connectivity index (χ2n) is 6.97. The number of ether oxygens (including phenoxy) is 1. The van der Waals surface area contributed by atoms with E-state index in [0.717, 1.165) is 27.5 Å². The number of benzene rings is 3. The van der Waals surface area contributed by atoms with E-state index in [1.54, 1.807) is 12.0 Å². The number of hydrogen-bond acceptors (Lipinski definition) is 4. The Morgan fingerprint density at radius 2 is 1.83 bits per heavy atom. The molecule has 0 spiro atoms. The average molecular weight is 419 g/mol. The van der Waals surface area contributed by atoms with E-state index in [0.29, 0.717) is 17.9 Å². The number of nitrogens with one attached hydrogen (secondary N) is 1. The topological polar surface area (TPSA) is 58.6 Å². The molecule has 1 heterocycles. The lowest BCUT2D eigenvalue weighted by atomic mass is 10.0. The van der Waals surface area contributed by atoms with Crippen molar-refractivity contribution in [2.75, 3.05) is 29.6 Å². The van der Waals surface area contributed by atoms with Gasteiger partial charge in [0.2, 0.25) is 11.8 Å². The van der Waals surface area contributed by atoms with E-state index in [-0.39, 0.29) is 18.4 Å². The lowest BCUT2D eigenvalue weighted by molar-refractivity contribution is -0.120. The summed E-state index contributed by atoms with van der Waals surface area (Å²) in [6.45, 7) is -0.0174. The Hall–Kier alpha value is -3.25. The molecule has 4 rings (SSSR count). The number of carbonyl (C=O) groups excluding carboxylic acids is 2. The van der Waals surface area contributed by atoms with Gasteiger partial charge in [-0.1, -0.05) is 42.5 Å². The maximum absolute atomic E-state index is 12.7. The molecule has 1 aliphatic rings. The molecule has 2 amide bonds. The molecule has 0 aliphatic carbocycles. The molecule has 3 aromatic rings. The van der Waals surface area contributed by atoms with Crippen molar-refractivity contribution in [3.8, 4) is 5.75 Å². The Kier molecular flexibility index (Phi) is 6.05. The minimum absolute atomic E-state index is 0.0174. The average Bonchev–Trinajstić information content (AvgIpc) is 2.77. The molecule has 0 atom stereocenters. The smallest absolute Gasteiger partial charge is 0.244 e. The Labute approximate surface area is 180 Å². The standard InChI is InChI=1S/C24H22N2O3S/c1-29-21-12-11-19(14-18(21)13-17-7-3-2-4-8-17)25-23(27)15-26-20-9-5-6-10-22(20)30-16-24(26)28/h2-12,14H,13,15-16H2,1H3,(H,25,27). The lowest BCUT2D eigenvalue weighted by Gasteiger charge is -2.28. The van der Waals surface area contributed by atoms with Gasteiger partial charge in [0.05, 0.1) is 18.6 Å². The van der Waals surface area contributed by atoms with Gasteiger partial charge in [-0.15, -0.1) is 11.8 Å². The van der Waals surface area contributed by atoms with E-state index in [1.165, 1.54) is 11.8 Å². The summed E-state index contributed by atoms with van der Waals surface area (Å²) >= 11 is 1.50. The van der Waals surface area contributed by atoms with Crippen molar-refractivity contribution in [1.29, 1.82) is 0 Å². The molecule has 0 bridgehead atoms. The summed E-state index contributed by atoms with van der Waals surface area (Å²) < 4.78 is 5.48. The predicted octanol–water partition coefficient (Wildman–Crippen LogP) is 4.36. The Balaban J connectivity index is 1.50. The van der Waals surface area contributed by atoms with Gasteiger partial charge in [-0.3, -0.25) is 9.59 Å². The minimum atomic E-state index is -0.235. The predicted molar refractivity (Wildman–Crippen MR) is 120 cm³/mol. The summed E-state index contributed by atoms with van der Waals surface area (Å²) in [4.78, 5) is 27.7. The van der Waals surface area contributed by atoms with Gasteiger partial charge in [-0.2, -0.15) is 0 Å². The fraction of sp³-hybridized carbons (Fsp3) is 0.167. The zero-order valence-electron chi connectivity index (χ0n) is 16.6. The van der Waals surface area contributed by atoms with Gasteiger partial charge < -0.3 is 15.0 Å². The van der Waals surface area contributed by atoms with Crippen molar-refractivity contribution in [3.05, 3.63) is 83.9 Å². The molecule has 0 radical (unpaired) electrons. The SMILES string of the molecule is COc1ccc(NC(=O)CN2C(=O)CSc3ccccc32)cc1Cc1ccccc1. The van der Waals surface area contributed by atoms with Crippen LogP contribution in [-0.2, 0) is 16.0 Å². The number of carbonyl (C=O) groups is 2. The van der Waals surface area contributed by atoms with Gasteiger partial charge in [-0.05, 0) is 35.9 Å². The highest BCUT2D eigenvalue weighted by Gasteiger charge is 2.26. The van der Waals surface area contributed by atoms with Gasteiger partial charge in [-0.25, -0.2) is 0 Å². The molecule has 0 saturated heterocycles. The van der Waals surface area contributed by atoms with Crippen molar-refractivity contribution in [1.82, 2.24) is 0 Å². The van der Waals surface area contributed by atoms with Crippen LogP contribution >= 0.6 is 11.8 Å². The molecule has 1 N–H and O–H groups in total. The molecule has 0 unspecified atom stereocenters. The van der Waals surface area contributed by atoms with Gasteiger partial charge in [0.15, 0.2) is 0 Å². The molecule has 6 heteroatoms. The Morgan fingerprint density at radius 3 is 2.63 bits per heavy atom. The van der Waals surface area contributed by atoms with Crippen LogP contribution in [-0.4, -0.2) is 31.2 Å². The molecule has 152 valence electrons. The van der Waals surface area contributed by atoms with Crippen LogP contribution in [0.2, 0.25) is 0 Å². The summed E-state index contributed by atoms with van der Waals surface area (Å²) in [6.07, 6.45) is 0.697. The number of rotatable bonds is 6. The highest BCUT2D eigenvalue weighted by molar-refractivity contribution is 8.00. The summed E-state index contributed by atoms with van der Waals surface area (Å²) in [5.74, 6) is 0.817. The lowest BCUT2D eigenvalue weighted by Crippen LogP contribution is -2.41. The number of methoxy groups -OCH3 is 1. The first-order valence-electron chi connectivity index (χ1n) is 9.67. The van der Waals surface area contributed by atoms with Crippen molar-refractivity contribution in [2.24, 2.45) is 0 Å². The van der Waals surface area contributed by atoms with Crippen LogP contribution in [0.1, 0.15) is 11.1 Å². The molecule has 5 nitrogen and oxygen atoms in total. The minimum Gasteiger partial charge on any atom is -0.496 e. The number of fused-ring (bicyclic) bond motifs is 1. The van der Waals surface area contributed by atoms with E-state index in [9.17, 15) is 9.59 Å². The quantitative estimate of drug-likeness (QED) is 0.646. The summed E-state index contributed by atoms with van der Waals surface area (Å²) in [5, 5.41) is 2.92.